The van der Waals surface area contributed by atoms with Gasteiger partial charge in [0.2, 0.25) is 0 Å². The monoisotopic (exact) mass is 308 g/mol. The van der Waals surface area contributed by atoms with Gasteiger partial charge in [0.1, 0.15) is 5.75 Å². The molecule has 20 heavy (non-hydrogen) atoms. The highest BCUT2D eigenvalue weighted by molar-refractivity contribution is 6.30. The molecule has 106 valence electrons. The first-order chi connectivity index (χ1) is 9.63. The van der Waals surface area contributed by atoms with Crippen LogP contribution >= 0.6 is 23.2 Å². The Kier molecular flexibility index (Phi) is 5.33. The lowest BCUT2D eigenvalue weighted by atomic mass is 9.92. The van der Waals surface area contributed by atoms with E-state index in [9.17, 15) is 0 Å². The number of alkyl halides is 1. The highest BCUT2D eigenvalue weighted by atomic mass is 35.5. The Morgan fingerprint density at radius 1 is 1.15 bits per heavy atom. The summed E-state index contributed by atoms with van der Waals surface area (Å²) in [6.45, 7) is 2.08. The Bertz CT molecular complexity index is 581. The van der Waals surface area contributed by atoms with Crippen LogP contribution in [0.15, 0.2) is 42.5 Å². The van der Waals surface area contributed by atoms with Gasteiger partial charge in [0.15, 0.2) is 0 Å². The van der Waals surface area contributed by atoms with Gasteiger partial charge < -0.3 is 4.74 Å². The molecule has 0 heterocycles. The van der Waals surface area contributed by atoms with Crippen molar-refractivity contribution in [2.45, 2.75) is 19.3 Å². The maximum absolute atomic E-state index is 6.16. The molecule has 0 amide bonds. The standard InChI is InChI=1S/C17H18Cl2O/c1-12-6-7-17(20-2)14(8-12)9-15(11-18)13-4-3-5-16(19)10-13/h3-8,10,15H,9,11H2,1-2H3. The normalized spacial score (nSPS) is 12.2. The molecule has 2 aromatic rings. The zero-order valence-corrected chi connectivity index (χ0v) is 13.2. The molecule has 0 saturated heterocycles. The van der Waals surface area contributed by atoms with Gasteiger partial charge in [0.25, 0.3) is 0 Å². The summed E-state index contributed by atoms with van der Waals surface area (Å²) in [7, 11) is 1.70. The maximum atomic E-state index is 6.16. The van der Waals surface area contributed by atoms with Gasteiger partial charge in [-0.1, -0.05) is 41.4 Å². The van der Waals surface area contributed by atoms with Gasteiger partial charge in [-0.3, -0.25) is 0 Å². The molecular formula is C17H18Cl2O. The van der Waals surface area contributed by atoms with Gasteiger partial charge >= 0.3 is 0 Å². The summed E-state index contributed by atoms with van der Waals surface area (Å²) in [5.74, 6) is 1.69. The summed E-state index contributed by atoms with van der Waals surface area (Å²) in [6.07, 6.45) is 0.842. The van der Waals surface area contributed by atoms with Crippen LogP contribution in [0.5, 0.6) is 5.75 Å². The summed E-state index contributed by atoms with van der Waals surface area (Å²) in [4.78, 5) is 0. The number of hydrogen-bond acceptors (Lipinski definition) is 1. The van der Waals surface area contributed by atoms with Gasteiger partial charge in [0.05, 0.1) is 7.11 Å². The number of hydrogen-bond donors (Lipinski definition) is 0. The van der Waals surface area contributed by atoms with Crippen LogP contribution in [0.25, 0.3) is 0 Å². The molecule has 0 aliphatic heterocycles. The van der Waals surface area contributed by atoms with Gasteiger partial charge in [-0.05, 0) is 42.7 Å². The molecule has 2 rings (SSSR count). The van der Waals surface area contributed by atoms with Gasteiger partial charge in [-0.25, -0.2) is 0 Å². The van der Waals surface area contributed by atoms with Gasteiger partial charge in [-0.2, -0.15) is 0 Å². The molecule has 0 aliphatic rings. The van der Waals surface area contributed by atoms with E-state index in [1.54, 1.807) is 7.11 Å². The van der Waals surface area contributed by atoms with E-state index in [1.165, 1.54) is 11.1 Å². The van der Waals surface area contributed by atoms with E-state index in [1.807, 2.05) is 24.3 Å². The summed E-state index contributed by atoms with van der Waals surface area (Å²) < 4.78 is 5.44. The Morgan fingerprint density at radius 2 is 1.95 bits per heavy atom. The third kappa shape index (κ3) is 3.68. The van der Waals surface area contributed by atoms with E-state index in [0.717, 1.165) is 22.8 Å². The first-order valence-electron chi connectivity index (χ1n) is 6.59. The zero-order valence-electron chi connectivity index (χ0n) is 11.7. The zero-order chi connectivity index (χ0) is 14.5. The van der Waals surface area contributed by atoms with E-state index >= 15 is 0 Å². The van der Waals surface area contributed by atoms with Crippen molar-refractivity contribution in [3.8, 4) is 5.75 Å². The molecule has 1 atom stereocenters. The number of benzene rings is 2. The smallest absolute Gasteiger partial charge is 0.122 e. The number of rotatable bonds is 5. The van der Waals surface area contributed by atoms with Gasteiger partial charge in [0, 0.05) is 16.8 Å². The van der Waals surface area contributed by atoms with Crippen LogP contribution in [-0.2, 0) is 6.42 Å². The van der Waals surface area contributed by atoms with Crippen LogP contribution in [0.2, 0.25) is 5.02 Å². The fraction of sp³-hybridized carbons (Fsp3) is 0.294. The molecular weight excluding hydrogens is 291 g/mol. The van der Waals surface area contributed by atoms with Crippen LogP contribution in [0.3, 0.4) is 0 Å². The van der Waals surface area contributed by atoms with Crippen LogP contribution in [-0.4, -0.2) is 13.0 Å². The van der Waals surface area contributed by atoms with Crippen molar-refractivity contribution in [1.29, 1.82) is 0 Å². The fourth-order valence-electron chi connectivity index (χ4n) is 2.35. The molecule has 0 spiro atoms. The molecule has 0 aliphatic carbocycles. The van der Waals surface area contributed by atoms with Gasteiger partial charge in [-0.15, -0.1) is 11.6 Å². The molecule has 0 fully saturated rings. The highest BCUT2D eigenvalue weighted by Crippen LogP contribution is 2.29. The Labute approximate surface area is 130 Å². The van der Waals surface area contributed by atoms with E-state index in [4.69, 9.17) is 27.9 Å². The molecule has 3 heteroatoms. The Balaban J connectivity index is 2.28. The van der Waals surface area contributed by atoms with Crippen molar-refractivity contribution in [1.82, 2.24) is 0 Å². The Morgan fingerprint density at radius 3 is 2.60 bits per heavy atom. The molecule has 0 saturated carbocycles. The lowest BCUT2D eigenvalue weighted by Gasteiger charge is -2.17. The number of ether oxygens (including phenoxy) is 1. The minimum atomic E-state index is 0.228. The summed E-state index contributed by atoms with van der Waals surface area (Å²) >= 11 is 12.2. The summed E-state index contributed by atoms with van der Waals surface area (Å²) in [6, 6.07) is 14.1. The average Bonchev–Trinajstić information content (AvgIpc) is 2.45. The van der Waals surface area contributed by atoms with Crippen molar-refractivity contribution in [2.24, 2.45) is 0 Å². The molecule has 0 aromatic heterocycles. The van der Waals surface area contributed by atoms with Crippen molar-refractivity contribution in [2.75, 3.05) is 13.0 Å². The van der Waals surface area contributed by atoms with Crippen LogP contribution in [0, 0.1) is 6.92 Å². The van der Waals surface area contributed by atoms with E-state index in [0.29, 0.717) is 5.88 Å². The second-order valence-corrected chi connectivity index (χ2v) is 5.67. The number of aryl methyl sites for hydroxylation is 1. The molecule has 1 nitrogen and oxygen atoms in total. The topological polar surface area (TPSA) is 9.23 Å². The second-order valence-electron chi connectivity index (χ2n) is 4.93. The molecule has 2 aromatic carbocycles. The third-order valence-electron chi connectivity index (χ3n) is 3.41. The third-order valence-corrected chi connectivity index (χ3v) is 4.02. The van der Waals surface area contributed by atoms with Crippen LogP contribution < -0.4 is 4.74 Å². The highest BCUT2D eigenvalue weighted by Gasteiger charge is 2.14. The van der Waals surface area contributed by atoms with Crippen LogP contribution in [0.4, 0.5) is 0 Å². The predicted molar refractivity (Wildman–Crippen MR) is 86.3 cm³/mol. The molecule has 0 radical (unpaired) electrons. The maximum Gasteiger partial charge on any atom is 0.122 e. The lowest BCUT2D eigenvalue weighted by molar-refractivity contribution is 0.408. The van der Waals surface area contributed by atoms with E-state index in [2.05, 4.69) is 25.1 Å². The minimum Gasteiger partial charge on any atom is -0.496 e. The first kappa shape index (κ1) is 15.2. The summed E-state index contributed by atoms with van der Waals surface area (Å²) in [5.41, 5.74) is 3.56. The van der Waals surface area contributed by atoms with Crippen molar-refractivity contribution in [3.63, 3.8) is 0 Å². The van der Waals surface area contributed by atoms with Crippen molar-refractivity contribution < 1.29 is 4.74 Å². The average molecular weight is 309 g/mol. The molecule has 0 N–H and O–H groups in total. The lowest BCUT2D eigenvalue weighted by Crippen LogP contribution is -2.06. The van der Waals surface area contributed by atoms with E-state index in [-0.39, 0.29) is 5.92 Å². The number of methoxy groups -OCH3 is 1. The first-order valence-corrected chi connectivity index (χ1v) is 7.50. The molecule has 1 unspecified atom stereocenters. The van der Waals surface area contributed by atoms with Crippen molar-refractivity contribution in [3.05, 3.63) is 64.2 Å². The fourth-order valence-corrected chi connectivity index (χ4v) is 2.84. The van der Waals surface area contributed by atoms with Crippen molar-refractivity contribution >= 4 is 23.2 Å². The summed E-state index contributed by atoms with van der Waals surface area (Å²) in [5, 5.41) is 0.744. The van der Waals surface area contributed by atoms with E-state index < -0.39 is 0 Å². The Hall–Kier alpha value is -1.18. The SMILES string of the molecule is COc1ccc(C)cc1CC(CCl)c1cccc(Cl)c1. The molecule has 0 bridgehead atoms. The van der Waals surface area contributed by atoms with Crippen LogP contribution in [0.1, 0.15) is 22.6 Å². The predicted octanol–water partition coefficient (Wildman–Crippen LogP) is 5.22. The quantitative estimate of drug-likeness (QED) is 0.688. The minimum absolute atomic E-state index is 0.228. The number of halogens is 2. The second kappa shape index (κ2) is 7.01. The largest absolute Gasteiger partial charge is 0.496 e.